The number of carbonyl (C=O) groups is 1. The monoisotopic (exact) mass is 346 g/mol. The number of hydrogen-bond donors (Lipinski definition) is 0. The van der Waals surface area contributed by atoms with Gasteiger partial charge in [-0.15, -0.1) is 0 Å². The lowest BCUT2D eigenvalue weighted by Crippen LogP contribution is -2.54. The van der Waals surface area contributed by atoms with Gasteiger partial charge in [0.15, 0.2) is 0 Å². The lowest BCUT2D eigenvalue weighted by molar-refractivity contribution is -0.155. The summed E-state index contributed by atoms with van der Waals surface area (Å²) in [5, 5.41) is 0. The second kappa shape index (κ2) is 5.81. The lowest BCUT2D eigenvalue weighted by Gasteiger charge is -2.60. The summed E-state index contributed by atoms with van der Waals surface area (Å²) in [4.78, 5) is 12.5. The summed E-state index contributed by atoms with van der Waals surface area (Å²) in [7, 11) is 0. The van der Waals surface area contributed by atoms with Crippen LogP contribution in [0.1, 0.15) is 92.4 Å². The Kier molecular flexibility index (Phi) is 4.19. The van der Waals surface area contributed by atoms with Gasteiger partial charge in [0.1, 0.15) is 5.78 Å². The fourth-order valence-electron chi connectivity index (χ4n) is 7.60. The Balaban J connectivity index is 1.52. The van der Waals surface area contributed by atoms with Crippen LogP contribution in [0.5, 0.6) is 0 Å². The first-order valence-corrected chi connectivity index (χ1v) is 10.8. The number of Topliss-reactive ketones (excluding diaryl/α,β-unsaturated/α-hetero) is 1. The smallest absolute Gasteiger partial charge is 0.139 e. The number of hydrogen-bond acceptors (Lipinski definition) is 2. The molecule has 142 valence electrons. The van der Waals surface area contributed by atoms with E-state index in [9.17, 15) is 4.79 Å². The Bertz CT molecular complexity index is 547. The van der Waals surface area contributed by atoms with E-state index in [1.807, 2.05) is 0 Å². The zero-order valence-corrected chi connectivity index (χ0v) is 17.1. The first-order valence-electron chi connectivity index (χ1n) is 10.8. The molecule has 0 aromatic heterocycles. The quantitative estimate of drug-likeness (QED) is 0.601. The summed E-state index contributed by atoms with van der Waals surface area (Å²) in [5.74, 6) is 3.75. The van der Waals surface area contributed by atoms with Gasteiger partial charge in [-0.2, -0.15) is 0 Å². The third-order valence-corrected chi connectivity index (χ3v) is 8.85. The van der Waals surface area contributed by atoms with Gasteiger partial charge in [-0.1, -0.05) is 13.8 Å². The molecule has 0 amide bonds. The van der Waals surface area contributed by atoms with Crippen molar-refractivity contribution in [2.24, 2.45) is 34.5 Å². The van der Waals surface area contributed by atoms with Crippen molar-refractivity contribution in [3.63, 3.8) is 0 Å². The van der Waals surface area contributed by atoms with Crippen molar-refractivity contribution in [2.45, 2.75) is 104 Å². The number of ketones is 1. The number of rotatable bonds is 1. The van der Waals surface area contributed by atoms with Crippen LogP contribution in [0.25, 0.3) is 0 Å². The summed E-state index contributed by atoms with van der Waals surface area (Å²) in [5.41, 5.74) is 0.497. The number of carbonyl (C=O) groups excluding carboxylic acids is 1. The van der Waals surface area contributed by atoms with Crippen LogP contribution in [0.4, 0.5) is 0 Å². The van der Waals surface area contributed by atoms with E-state index in [1.165, 1.54) is 44.9 Å². The van der Waals surface area contributed by atoms with Crippen LogP contribution in [0, 0.1) is 34.5 Å². The predicted octanol–water partition coefficient (Wildman–Crippen LogP) is 5.78. The van der Waals surface area contributed by atoms with E-state index in [-0.39, 0.29) is 11.0 Å². The summed E-state index contributed by atoms with van der Waals surface area (Å²) in [6.07, 6.45) is 11.5. The van der Waals surface area contributed by atoms with Gasteiger partial charge in [-0.05, 0) is 101 Å². The SMILES string of the molecule is CC(C)(C)O[C@@H]1CC[C@@]2(C)[C@@H](CC[C@H]3[C@H]2CC[C@]2(C)C(=O)CC[C@@H]32)C1. The molecule has 2 nitrogen and oxygen atoms in total. The molecule has 0 heterocycles. The van der Waals surface area contributed by atoms with Crippen LogP contribution in [0.3, 0.4) is 0 Å². The third kappa shape index (κ3) is 2.82. The maximum atomic E-state index is 12.5. The summed E-state index contributed by atoms with van der Waals surface area (Å²) < 4.78 is 6.36. The lowest BCUT2D eigenvalue weighted by atomic mass is 9.45. The van der Waals surface area contributed by atoms with Gasteiger partial charge in [-0.25, -0.2) is 0 Å². The minimum atomic E-state index is -0.0214. The van der Waals surface area contributed by atoms with Crippen molar-refractivity contribution in [3.8, 4) is 0 Å². The highest BCUT2D eigenvalue weighted by Crippen LogP contribution is 2.65. The molecule has 0 unspecified atom stereocenters. The molecule has 0 aromatic carbocycles. The van der Waals surface area contributed by atoms with Crippen molar-refractivity contribution in [2.75, 3.05) is 0 Å². The first kappa shape index (κ1) is 18.0. The van der Waals surface area contributed by atoms with Crippen molar-refractivity contribution < 1.29 is 9.53 Å². The molecule has 0 radical (unpaired) electrons. The average Bonchev–Trinajstić information content (AvgIpc) is 2.82. The molecular formula is C23H38O2. The molecule has 0 aliphatic heterocycles. The molecule has 4 aliphatic carbocycles. The minimum Gasteiger partial charge on any atom is -0.373 e. The maximum Gasteiger partial charge on any atom is 0.139 e. The fraction of sp³-hybridized carbons (Fsp3) is 0.957. The highest BCUT2D eigenvalue weighted by Gasteiger charge is 2.60. The molecule has 4 rings (SSSR count). The number of fused-ring (bicyclic) bond motifs is 5. The van der Waals surface area contributed by atoms with E-state index in [2.05, 4.69) is 34.6 Å². The van der Waals surface area contributed by atoms with E-state index in [0.717, 1.165) is 30.6 Å². The van der Waals surface area contributed by atoms with Gasteiger partial charge < -0.3 is 4.74 Å². The third-order valence-electron chi connectivity index (χ3n) is 8.85. The normalized spacial score (nSPS) is 50.1. The molecule has 4 fully saturated rings. The summed E-state index contributed by atoms with van der Waals surface area (Å²) in [6.45, 7) is 11.5. The van der Waals surface area contributed by atoms with Crippen molar-refractivity contribution >= 4 is 5.78 Å². The van der Waals surface area contributed by atoms with Crippen LogP contribution >= 0.6 is 0 Å². The van der Waals surface area contributed by atoms with Gasteiger partial charge in [0.2, 0.25) is 0 Å². The topological polar surface area (TPSA) is 26.3 Å². The summed E-state index contributed by atoms with van der Waals surface area (Å²) in [6, 6.07) is 0. The second-order valence-corrected chi connectivity index (χ2v) is 11.2. The van der Waals surface area contributed by atoms with E-state index >= 15 is 0 Å². The predicted molar refractivity (Wildman–Crippen MR) is 101 cm³/mol. The van der Waals surface area contributed by atoms with E-state index in [1.54, 1.807) is 0 Å². The highest BCUT2D eigenvalue weighted by atomic mass is 16.5. The standard InChI is InChI=1S/C23H38O2/c1-21(2,3)25-16-10-12-22(4)15(14-16)6-7-17-18-8-9-20(24)23(18,5)13-11-19(17)22/h15-19H,6-14H2,1-5H3/t15-,16+,17+,18-,19+,22-,23-/m0/s1. The zero-order valence-electron chi connectivity index (χ0n) is 17.1. The average molecular weight is 347 g/mol. The van der Waals surface area contributed by atoms with Crippen LogP contribution in [-0.2, 0) is 9.53 Å². The Morgan fingerprint density at radius 2 is 1.72 bits per heavy atom. The Labute approximate surface area is 154 Å². The molecular weight excluding hydrogens is 308 g/mol. The Morgan fingerprint density at radius 1 is 0.960 bits per heavy atom. The van der Waals surface area contributed by atoms with Gasteiger partial charge in [-0.3, -0.25) is 4.79 Å². The maximum absolute atomic E-state index is 12.5. The van der Waals surface area contributed by atoms with Crippen LogP contribution in [0.15, 0.2) is 0 Å². The molecule has 25 heavy (non-hydrogen) atoms. The van der Waals surface area contributed by atoms with E-state index < -0.39 is 0 Å². The molecule has 0 saturated heterocycles. The first-order chi connectivity index (χ1) is 11.6. The van der Waals surface area contributed by atoms with Crippen molar-refractivity contribution in [3.05, 3.63) is 0 Å². The minimum absolute atomic E-state index is 0.0214. The largest absolute Gasteiger partial charge is 0.373 e. The van der Waals surface area contributed by atoms with Gasteiger partial charge in [0.05, 0.1) is 11.7 Å². The highest BCUT2D eigenvalue weighted by molar-refractivity contribution is 5.87. The molecule has 7 atom stereocenters. The van der Waals surface area contributed by atoms with Gasteiger partial charge in [0.25, 0.3) is 0 Å². The fourth-order valence-corrected chi connectivity index (χ4v) is 7.60. The molecule has 2 heteroatoms. The number of ether oxygens (including phenoxy) is 1. The van der Waals surface area contributed by atoms with Crippen LogP contribution < -0.4 is 0 Å². The van der Waals surface area contributed by atoms with Crippen LogP contribution in [0.2, 0.25) is 0 Å². The van der Waals surface area contributed by atoms with Gasteiger partial charge in [0, 0.05) is 11.8 Å². The molecule has 0 bridgehead atoms. The van der Waals surface area contributed by atoms with E-state index in [0.29, 0.717) is 23.2 Å². The Morgan fingerprint density at radius 3 is 2.44 bits per heavy atom. The second-order valence-electron chi connectivity index (χ2n) is 11.2. The molecule has 0 N–H and O–H groups in total. The van der Waals surface area contributed by atoms with E-state index in [4.69, 9.17) is 4.74 Å². The van der Waals surface area contributed by atoms with Crippen LogP contribution in [-0.4, -0.2) is 17.5 Å². The van der Waals surface area contributed by atoms with Crippen molar-refractivity contribution in [1.82, 2.24) is 0 Å². The summed E-state index contributed by atoms with van der Waals surface area (Å²) >= 11 is 0. The molecule has 0 spiro atoms. The zero-order chi connectivity index (χ0) is 18.0. The Hall–Kier alpha value is -0.370. The molecule has 4 aliphatic rings. The molecule has 0 aromatic rings. The van der Waals surface area contributed by atoms with Gasteiger partial charge >= 0.3 is 0 Å². The van der Waals surface area contributed by atoms with Crippen molar-refractivity contribution in [1.29, 1.82) is 0 Å². The molecule has 4 saturated carbocycles.